The Morgan fingerprint density at radius 3 is 2.90 bits per heavy atom. The molecule has 1 aliphatic carbocycles. The SMILES string of the molecule is COc1cccc(CCNCC2Cc3ccccc32)c1. The highest BCUT2D eigenvalue weighted by atomic mass is 16.5. The largest absolute Gasteiger partial charge is 0.497 e. The first-order valence-electron chi connectivity index (χ1n) is 7.28. The average Bonchev–Trinajstić information content (AvgIpc) is 2.48. The predicted molar refractivity (Wildman–Crippen MR) is 82.5 cm³/mol. The second kappa shape index (κ2) is 6.10. The summed E-state index contributed by atoms with van der Waals surface area (Å²) in [5.74, 6) is 1.65. The first-order valence-corrected chi connectivity index (χ1v) is 7.28. The Labute approximate surface area is 120 Å². The van der Waals surface area contributed by atoms with E-state index >= 15 is 0 Å². The highest BCUT2D eigenvalue weighted by molar-refractivity contribution is 5.40. The number of rotatable bonds is 6. The number of benzene rings is 2. The highest BCUT2D eigenvalue weighted by Gasteiger charge is 2.24. The van der Waals surface area contributed by atoms with E-state index in [0.29, 0.717) is 5.92 Å². The fourth-order valence-corrected chi connectivity index (χ4v) is 2.88. The van der Waals surface area contributed by atoms with Crippen molar-refractivity contribution in [2.75, 3.05) is 20.2 Å². The third-order valence-electron chi connectivity index (χ3n) is 4.08. The third-order valence-corrected chi connectivity index (χ3v) is 4.08. The van der Waals surface area contributed by atoms with E-state index in [-0.39, 0.29) is 0 Å². The van der Waals surface area contributed by atoms with Crippen molar-refractivity contribution in [1.29, 1.82) is 0 Å². The Kier molecular flexibility index (Phi) is 4.03. The zero-order valence-electron chi connectivity index (χ0n) is 11.9. The van der Waals surface area contributed by atoms with Crippen molar-refractivity contribution in [3.8, 4) is 5.75 Å². The molecule has 3 rings (SSSR count). The van der Waals surface area contributed by atoms with Crippen molar-refractivity contribution in [3.05, 3.63) is 65.2 Å². The van der Waals surface area contributed by atoms with Gasteiger partial charge < -0.3 is 10.1 Å². The summed E-state index contributed by atoms with van der Waals surface area (Å²) in [6.07, 6.45) is 2.27. The normalized spacial score (nSPS) is 16.4. The molecule has 0 bridgehead atoms. The van der Waals surface area contributed by atoms with Crippen LogP contribution in [0.4, 0.5) is 0 Å². The zero-order valence-corrected chi connectivity index (χ0v) is 11.9. The van der Waals surface area contributed by atoms with Crippen molar-refractivity contribution in [2.24, 2.45) is 0 Å². The number of hydrogen-bond donors (Lipinski definition) is 1. The van der Waals surface area contributed by atoms with E-state index < -0.39 is 0 Å². The molecule has 0 aromatic heterocycles. The van der Waals surface area contributed by atoms with Crippen molar-refractivity contribution >= 4 is 0 Å². The van der Waals surface area contributed by atoms with Crippen molar-refractivity contribution in [3.63, 3.8) is 0 Å². The molecule has 0 radical (unpaired) electrons. The van der Waals surface area contributed by atoms with Gasteiger partial charge in [0.1, 0.15) is 5.75 Å². The van der Waals surface area contributed by atoms with Crippen molar-refractivity contribution < 1.29 is 4.74 Å². The van der Waals surface area contributed by atoms with Gasteiger partial charge in [-0.25, -0.2) is 0 Å². The molecule has 1 unspecified atom stereocenters. The quantitative estimate of drug-likeness (QED) is 0.812. The Hall–Kier alpha value is -1.80. The minimum atomic E-state index is 0.705. The standard InChI is InChI=1S/C18H21NO/c1-20-17-7-4-5-14(11-17)9-10-19-13-16-12-15-6-2-3-8-18(15)16/h2-8,11,16,19H,9-10,12-13H2,1H3. The average molecular weight is 267 g/mol. The van der Waals surface area contributed by atoms with E-state index in [1.165, 1.54) is 23.1 Å². The molecule has 0 spiro atoms. The summed E-state index contributed by atoms with van der Waals surface area (Å²) < 4.78 is 5.24. The van der Waals surface area contributed by atoms with Gasteiger partial charge in [0.2, 0.25) is 0 Å². The van der Waals surface area contributed by atoms with Gasteiger partial charge in [-0.2, -0.15) is 0 Å². The summed E-state index contributed by atoms with van der Waals surface area (Å²) in [7, 11) is 1.71. The molecule has 0 aliphatic heterocycles. The number of hydrogen-bond acceptors (Lipinski definition) is 2. The second-order valence-corrected chi connectivity index (χ2v) is 5.41. The molecule has 2 aromatic carbocycles. The molecule has 2 nitrogen and oxygen atoms in total. The van der Waals surface area contributed by atoms with Gasteiger partial charge in [-0.3, -0.25) is 0 Å². The Balaban J connectivity index is 1.43. The van der Waals surface area contributed by atoms with E-state index in [1.807, 2.05) is 6.07 Å². The van der Waals surface area contributed by atoms with E-state index in [9.17, 15) is 0 Å². The maximum atomic E-state index is 5.24. The molecular formula is C18H21NO. The molecule has 1 atom stereocenters. The lowest BCUT2D eigenvalue weighted by molar-refractivity contribution is 0.414. The maximum Gasteiger partial charge on any atom is 0.119 e. The second-order valence-electron chi connectivity index (χ2n) is 5.41. The Morgan fingerprint density at radius 1 is 1.15 bits per heavy atom. The van der Waals surface area contributed by atoms with Gasteiger partial charge in [-0.05, 0) is 48.2 Å². The minimum Gasteiger partial charge on any atom is -0.497 e. The third kappa shape index (κ3) is 2.86. The predicted octanol–water partition coefficient (Wildman–Crippen LogP) is 3.17. The lowest BCUT2D eigenvalue weighted by Crippen LogP contribution is -2.30. The van der Waals surface area contributed by atoms with Crippen LogP contribution in [0.5, 0.6) is 5.75 Å². The van der Waals surface area contributed by atoms with E-state index in [2.05, 4.69) is 47.8 Å². The molecule has 20 heavy (non-hydrogen) atoms. The summed E-state index contributed by atoms with van der Waals surface area (Å²) in [4.78, 5) is 0. The first kappa shape index (κ1) is 13.2. The van der Waals surface area contributed by atoms with Crippen LogP contribution in [0.3, 0.4) is 0 Å². The fraction of sp³-hybridized carbons (Fsp3) is 0.333. The fourth-order valence-electron chi connectivity index (χ4n) is 2.88. The molecule has 1 aliphatic rings. The van der Waals surface area contributed by atoms with E-state index in [4.69, 9.17) is 4.74 Å². The van der Waals surface area contributed by atoms with Crippen molar-refractivity contribution in [1.82, 2.24) is 5.32 Å². The Morgan fingerprint density at radius 2 is 2.05 bits per heavy atom. The molecule has 104 valence electrons. The highest BCUT2D eigenvalue weighted by Crippen LogP contribution is 2.33. The van der Waals surface area contributed by atoms with Crippen LogP contribution in [0.2, 0.25) is 0 Å². The summed E-state index contributed by atoms with van der Waals surface area (Å²) in [6, 6.07) is 17.1. The van der Waals surface area contributed by atoms with Crippen LogP contribution in [0, 0.1) is 0 Å². The van der Waals surface area contributed by atoms with Crippen LogP contribution in [0.15, 0.2) is 48.5 Å². The minimum absolute atomic E-state index is 0.705. The van der Waals surface area contributed by atoms with Gasteiger partial charge in [0, 0.05) is 12.5 Å². The van der Waals surface area contributed by atoms with Crippen LogP contribution in [-0.4, -0.2) is 20.2 Å². The topological polar surface area (TPSA) is 21.3 Å². The first-order chi connectivity index (χ1) is 9.86. The Bertz CT molecular complexity index is 579. The monoisotopic (exact) mass is 267 g/mol. The molecule has 2 heteroatoms. The molecule has 0 amide bonds. The van der Waals surface area contributed by atoms with E-state index in [0.717, 1.165) is 25.3 Å². The molecule has 2 aromatic rings. The number of nitrogens with one attached hydrogen (secondary N) is 1. The lowest BCUT2D eigenvalue weighted by atomic mass is 9.77. The number of methoxy groups -OCH3 is 1. The van der Waals surface area contributed by atoms with Gasteiger partial charge in [0.25, 0.3) is 0 Å². The van der Waals surface area contributed by atoms with Crippen LogP contribution in [-0.2, 0) is 12.8 Å². The van der Waals surface area contributed by atoms with Crippen LogP contribution < -0.4 is 10.1 Å². The van der Waals surface area contributed by atoms with Gasteiger partial charge >= 0.3 is 0 Å². The molecule has 0 heterocycles. The van der Waals surface area contributed by atoms with Gasteiger partial charge in [0.05, 0.1) is 7.11 Å². The number of ether oxygens (including phenoxy) is 1. The van der Waals surface area contributed by atoms with Crippen LogP contribution in [0.1, 0.15) is 22.6 Å². The van der Waals surface area contributed by atoms with Crippen LogP contribution in [0.25, 0.3) is 0 Å². The lowest BCUT2D eigenvalue weighted by Gasteiger charge is -2.30. The maximum absolute atomic E-state index is 5.24. The molecule has 1 N–H and O–H groups in total. The van der Waals surface area contributed by atoms with Crippen molar-refractivity contribution in [2.45, 2.75) is 18.8 Å². The van der Waals surface area contributed by atoms with Crippen LogP contribution >= 0.6 is 0 Å². The molecule has 0 saturated heterocycles. The molecule has 0 fully saturated rings. The zero-order chi connectivity index (χ0) is 13.8. The van der Waals surface area contributed by atoms with Gasteiger partial charge in [-0.1, -0.05) is 36.4 Å². The van der Waals surface area contributed by atoms with Gasteiger partial charge in [0.15, 0.2) is 0 Å². The molecular weight excluding hydrogens is 246 g/mol. The van der Waals surface area contributed by atoms with E-state index in [1.54, 1.807) is 7.11 Å². The molecule has 0 saturated carbocycles. The summed E-state index contributed by atoms with van der Waals surface area (Å²) in [6.45, 7) is 2.10. The van der Waals surface area contributed by atoms with Gasteiger partial charge in [-0.15, -0.1) is 0 Å². The summed E-state index contributed by atoms with van der Waals surface area (Å²) in [5, 5.41) is 3.57. The summed E-state index contributed by atoms with van der Waals surface area (Å²) in [5.41, 5.74) is 4.37. The smallest absolute Gasteiger partial charge is 0.119 e. The number of fused-ring (bicyclic) bond motifs is 1. The summed E-state index contributed by atoms with van der Waals surface area (Å²) >= 11 is 0.